The molecule has 1 aromatic carbocycles. The summed E-state index contributed by atoms with van der Waals surface area (Å²) in [5, 5.41) is 3.28. The fraction of sp³-hybridized carbons (Fsp3) is 0.385. The molecule has 86 valence electrons. The molecule has 0 fully saturated rings. The van der Waals surface area contributed by atoms with E-state index in [-0.39, 0.29) is 0 Å². The highest BCUT2D eigenvalue weighted by Gasteiger charge is 2.06. The highest BCUT2D eigenvalue weighted by Crippen LogP contribution is 2.29. The number of hydrogen-bond donors (Lipinski definition) is 1. The minimum atomic E-state index is 0.554. The zero-order valence-electron chi connectivity index (χ0n) is 9.42. The monoisotopic (exact) mass is 281 g/mol. The molecule has 3 heteroatoms. The van der Waals surface area contributed by atoms with E-state index in [1.165, 1.54) is 0 Å². The minimum Gasteiger partial charge on any atom is -0.491 e. The van der Waals surface area contributed by atoms with Crippen molar-refractivity contribution in [2.24, 2.45) is 0 Å². The summed E-state index contributed by atoms with van der Waals surface area (Å²) in [5.74, 6) is 3.45. The summed E-state index contributed by atoms with van der Waals surface area (Å²) in [7, 11) is 0. The van der Waals surface area contributed by atoms with Crippen LogP contribution in [-0.4, -0.2) is 13.2 Å². The average molecular weight is 282 g/mol. The van der Waals surface area contributed by atoms with Gasteiger partial charge < -0.3 is 10.1 Å². The van der Waals surface area contributed by atoms with Crippen molar-refractivity contribution in [2.75, 3.05) is 13.2 Å². The molecular formula is C13H16BrNO. The molecule has 0 atom stereocenters. The second-order valence-corrected chi connectivity index (χ2v) is 4.17. The first-order chi connectivity index (χ1) is 7.79. The predicted octanol–water partition coefficient (Wildman–Crippen LogP) is 2.96. The average Bonchev–Trinajstić information content (AvgIpc) is 2.29. The lowest BCUT2D eigenvalue weighted by atomic mass is 10.2. The van der Waals surface area contributed by atoms with Gasteiger partial charge in [-0.2, -0.15) is 0 Å². The van der Waals surface area contributed by atoms with Crippen LogP contribution in [0.25, 0.3) is 0 Å². The number of benzene rings is 1. The van der Waals surface area contributed by atoms with Crippen molar-refractivity contribution in [3.63, 3.8) is 0 Å². The maximum atomic E-state index is 5.68. The third-order valence-electron chi connectivity index (χ3n) is 2.11. The van der Waals surface area contributed by atoms with Gasteiger partial charge in [0.05, 0.1) is 11.1 Å². The zero-order valence-corrected chi connectivity index (χ0v) is 11.0. The molecule has 16 heavy (non-hydrogen) atoms. The van der Waals surface area contributed by atoms with E-state index >= 15 is 0 Å². The Balaban J connectivity index is 2.73. The maximum absolute atomic E-state index is 5.68. The van der Waals surface area contributed by atoms with Crippen LogP contribution in [0.15, 0.2) is 22.7 Å². The number of rotatable bonds is 6. The Labute approximate surface area is 106 Å². The summed E-state index contributed by atoms with van der Waals surface area (Å²) in [5.41, 5.74) is 1.15. The fourth-order valence-electron chi connectivity index (χ4n) is 1.33. The quantitative estimate of drug-likeness (QED) is 0.640. The molecule has 1 aromatic rings. The number of nitrogens with one attached hydrogen (secondary N) is 1. The Kier molecular flexibility index (Phi) is 5.99. The number of ether oxygens (including phenoxy) is 1. The van der Waals surface area contributed by atoms with Crippen LogP contribution in [-0.2, 0) is 6.54 Å². The van der Waals surface area contributed by atoms with E-state index in [0.717, 1.165) is 28.9 Å². The van der Waals surface area contributed by atoms with Gasteiger partial charge in [-0.15, -0.1) is 12.3 Å². The van der Waals surface area contributed by atoms with E-state index in [2.05, 4.69) is 40.2 Å². The highest BCUT2D eigenvalue weighted by molar-refractivity contribution is 9.10. The van der Waals surface area contributed by atoms with E-state index in [0.29, 0.717) is 13.0 Å². The molecule has 0 amide bonds. The summed E-state index contributed by atoms with van der Waals surface area (Å²) in [6.07, 6.45) is 5.82. The molecule has 0 aromatic heterocycles. The van der Waals surface area contributed by atoms with Crippen LogP contribution in [0.5, 0.6) is 5.75 Å². The molecule has 1 rings (SSSR count). The normalized spacial score (nSPS) is 9.81. The van der Waals surface area contributed by atoms with Gasteiger partial charge >= 0.3 is 0 Å². The Morgan fingerprint density at radius 1 is 1.50 bits per heavy atom. The molecule has 0 aliphatic carbocycles. The van der Waals surface area contributed by atoms with Gasteiger partial charge in [0.1, 0.15) is 5.75 Å². The third-order valence-corrected chi connectivity index (χ3v) is 2.73. The van der Waals surface area contributed by atoms with Crippen molar-refractivity contribution in [3.05, 3.63) is 28.2 Å². The first kappa shape index (κ1) is 13.1. The van der Waals surface area contributed by atoms with E-state index < -0.39 is 0 Å². The largest absolute Gasteiger partial charge is 0.491 e. The molecule has 0 heterocycles. The fourth-order valence-corrected chi connectivity index (χ4v) is 1.85. The summed E-state index contributed by atoms with van der Waals surface area (Å²) in [6.45, 7) is 4.38. The first-order valence-electron chi connectivity index (χ1n) is 5.34. The van der Waals surface area contributed by atoms with Gasteiger partial charge in [0.25, 0.3) is 0 Å². The van der Waals surface area contributed by atoms with Gasteiger partial charge in [-0.25, -0.2) is 0 Å². The van der Waals surface area contributed by atoms with Crippen molar-refractivity contribution in [1.29, 1.82) is 0 Å². The zero-order chi connectivity index (χ0) is 11.8. The lowest BCUT2D eigenvalue weighted by molar-refractivity contribution is 0.321. The second-order valence-electron chi connectivity index (χ2n) is 3.31. The van der Waals surface area contributed by atoms with Gasteiger partial charge in [-0.3, -0.25) is 0 Å². The van der Waals surface area contributed by atoms with Crippen LogP contribution < -0.4 is 10.1 Å². The van der Waals surface area contributed by atoms with E-state index in [4.69, 9.17) is 11.2 Å². The summed E-state index contributed by atoms with van der Waals surface area (Å²) < 4.78 is 6.65. The van der Waals surface area contributed by atoms with Gasteiger partial charge in [0.15, 0.2) is 0 Å². The number of terminal acetylenes is 1. The predicted molar refractivity (Wildman–Crippen MR) is 70.5 cm³/mol. The molecule has 0 radical (unpaired) electrons. The first-order valence-corrected chi connectivity index (χ1v) is 6.13. The topological polar surface area (TPSA) is 21.3 Å². The lowest BCUT2D eigenvalue weighted by Gasteiger charge is -2.12. The van der Waals surface area contributed by atoms with Crippen molar-refractivity contribution >= 4 is 15.9 Å². The number of hydrogen-bond acceptors (Lipinski definition) is 2. The number of halogens is 1. The van der Waals surface area contributed by atoms with E-state index in [1.54, 1.807) is 0 Å². The molecular weight excluding hydrogens is 266 g/mol. The standard InChI is InChI=1S/C13H16BrNO/c1-3-5-9-16-13-11(10-15-4-2)7-6-8-12(13)14/h1,6-8,15H,4-5,9-10H2,2H3. The third kappa shape index (κ3) is 3.88. The molecule has 0 aliphatic heterocycles. The summed E-state index contributed by atoms with van der Waals surface area (Å²) in [6, 6.07) is 6.03. The van der Waals surface area contributed by atoms with Crippen molar-refractivity contribution in [3.8, 4) is 18.1 Å². The minimum absolute atomic E-state index is 0.554. The molecule has 0 bridgehead atoms. The molecule has 2 nitrogen and oxygen atoms in total. The van der Waals surface area contributed by atoms with E-state index in [9.17, 15) is 0 Å². The Morgan fingerprint density at radius 2 is 2.31 bits per heavy atom. The molecule has 0 spiro atoms. The highest BCUT2D eigenvalue weighted by atomic mass is 79.9. The molecule has 1 N–H and O–H groups in total. The lowest BCUT2D eigenvalue weighted by Crippen LogP contribution is -2.13. The Bertz CT molecular complexity index is 371. The van der Waals surface area contributed by atoms with Crippen LogP contribution >= 0.6 is 15.9 Å². The molecule has 0 saturated carbocycles. The Hall–Kier alpha value is -0.980. The number of para-hydroxylation sites is 1. The van der Waals surface area contributed by atoms with Crippen molar-refractivity contribution in [1.82, 2.24) is 5.32 Å². The van der Waals surface area contributed by atoms with Gasteiger partial charge in [-0.05, 0) is 28.5 Å². The molecule has 0 aliphatic rings. The van der Waals surface area contributed by atoms with Gasteiger partial charge in [0.2, 0.25) is 0 Å². The van der Waals surface area contributed by atoms with Crippen LogP contribution in [0.3, 0.4) is 0 Å². The second kappa shape index (κ2) is 7.32. The smallest absolute Gasteiger partial charge is 0.137 e. The summed E-state index contributed by atoms with van der Waals surface area (Å²) >= 11 is 3.49. The molecule has 0 saturated heterocycles. The van der Waals surface area contributed by atoms with Gasteiger partial charge in [0, 0.05) is 18.5 Å². The summed E-state index contributed by atoms with van der Waals surface area (Å²) in [4.78, 5) is 0. The van der Waals surface area contributed by atoms with E-state index in [1.807, 2.05) is 12.1 Å². The van der Waals surface area contributed by atoms with Crippen molar-refractivity contribution < 1.29 is 4.74 Å². The van der Waals surface area contributed by atoms with Crippen LogP contribution in [0, 0.1) is 12.3 Å². The molecule has 0 unspecified atom stereocenters. The van der Waals surface area contributed by atoms with Crippen molar-refractivity contribution in [2.45, 2.75) is 19.9 Å². The van der Waals surface area contributed by atoms with Crippen LogP contribution in [0.1, 0.15) is 18.9 Å². The van der Waals surface area contributed by atoms with Gasteiger partial charge in [-0.1, -0.05) is 19.1 Å². The van der Waals surface area contributed by atoms with Crippen LogP contribution in [0.2, 0.25) is 0 Å². The van der Waals surface area contributed by atoms with Crippen LogP contribution in [0.4, 0.5) is 0 Å². The SMILES string of the molecule is C#CCCOc1c(Br)cccc1CNCC. The maximum Gasteiger partial charge on any atom is 0.137 e. The Morgan fingerprint density at radius 3 is 3.00 bits per heavy atom.